The molecule has 2 amide bonds. The molecule has 6 rings (SSSR count). The number of carboxylic acids is 1. The van der Waals surface area contributed by atoms with Gasteiger partial charge in [-0.3, -0.25) is 9.59 Å². The van der Waals surface area contributed by atoms with Gasteiger partial charge in [0.1, 0.15) is 0 Å². The fraction of sp³-hybridized carbons (Fsp3) is 0.250. The topological polar surface area (TPSA) is 87.6 Å². The van der Waals surface area contributed by atoms with E-state index in [1.807, 2.05) is 30.3 Å². The molecule has 1 saturated heterocycles. The summed E-state index contributed by atoms with van der Waals surface area (Å²) in [5, 5.41) is 9.01. The first-order valence-corrected chi connectivity index (χ1v) is 12.2. The number of amides is 2. The normalized spacial score (nSPS) is 25.8. The van der Waals surface area contributed by atoms with Crippen LogP contribution >= 0.6 is 23.1 Å². The van der Waals surface area contributed by atoms with Crippen molar-refractivity contribution in [3.05, 3.63) is 65.7 Å². The monoisotopic (exact) mass is 462 g/mol. The van der Waals surface area contributed by atoms with Gasteiger partial charge < -0.3 is 5.11 Å². The van der Waals surface area contributed by atoms with Crippen molar-refractivity contribution in [3.63, 3.8) is 0 Å². The minimum Gasteiger partial charge on any atom is -0.478 e. The summed E-state index contributed by atoms with van der Waals surface area (Å²) in [4.78, 5) is 43.2. The van der Waals surface area contributed by atoms with Gasteiger partial charge in [0.15, 0.2) is 4.34 Å². The molecule has 2 aromatic carbocycles. The van der Waals surface area contributed by atoms with Crippen LogP contribution < -0.4 is 4.90 Å². The molecule has 1 aromatic heterocycles. The second kappa shape index (κ2) is 7.28. The number of carbonyl (C=O) groups is 3. The van der Waals surface area contributed by atoms with Crippen LogP contribution in [0.4, 0.5) is 5.69 Å². The largest absolute Gasteiger partial charge is 0.478 e. The van der Waals surface area contributed by atoms with Crippen LogP contribution in [-0.2, 0) is 15.3 Å². The number of carbonyl (C=O) groups excluding carboxylic acids is 2. The number of aromatic carboxylic acids is 1. The summed E-state index contributed by atoms with van der Waals surface area (Å²) in [6.45, 7) is 0. The lowest BCUT2D eigenvalue weighted by Gasteiger charge is -2.17. The molecule has 2 aliphatic carbocycles. The number of fused-ring (bicyclic) bond motifs is 6. The molecule has 2 fully saturated rings. The van der Waals surface area contributed by atoms with Gasteiger partial charge in [-0.1, -0.05) is 36.0 Å². The van der Waals surface area contributed by atoms with E-state index in [2.05, 4.69) is 17.1 Å². The number of thioether (sulfide) groups is 1. The van der Waals surface area contributed by atoms with Crippen molar-refractivity contribution in [2.24, 2.45) is 23.7 Å². The molecule has 3 aromatic rings. The van der Waals surface area contributed by atoms with E-state index < -0.39 is 5.97 Å². The lowest BCUT2D eigenvalue weighted by molar-refractivity contribution is -0.123. The highest BCUT2D eigenvalue weighted by Gasteiger charge is 2.59. The summed E-state index contributed by atoms with van der Waals surface area (Å²) in [6, 6.07) is 12.4. The van der Waals surface area contributed by atoms with Crippen LogP contribution in [0, 0.1) is 23.7 Å². The predicted octanol–water partition coefficient (Wildman–Crippen LogP) is 4.60. The Morgan fingerprint density at radius 1 is 1.06 bits per heavy atom. The fourth-order valence-electron chi connectivity index (χ4n) is 5.14. The van der Waals surface area contributed by atoms with E-state index >= 15 is 0 Å². The number of carboxylic acid groups (broad SMARTS) is 1. The predicted molar refractivity (Wildman–Crippen MR) is 123 cm³/mol. The third-order valence-corrected chi connectivity index (χ3v) is 8.88. The van der Waals surface area contributed by atoms with Crippen molar-refractivity contribution in [1.29, 1.82) is 0 Å². The standard InChI is InChI=1S/C24H18N2O4S2/c27-21-19-14-5-6-15(9-14)20(19)22(28)26(21)16-7-8-17-18(10-16)32-24(25-17)31-11-12-1-3-13(4-2-12)23(29)30/h1-8,10,14-15,19-20H,9,11H2,(H,29,30)/t14-,15+,19-,20-/m0/s1. The van der Waals surface area contributed by atoms with Crippen LogP contribution in [0.25, 0.3) is 10.2 Å². The Bertz CT molecular complexity index is 1280. The van der Waals surface area contributed by atoms with Crippen LogP contribution in [0.15, 0.2) is 59.0 Å². The average Bonchev–Trinajstić information content (AvgIpc) is 3.55. The summed E-state index contributed by atoms with van der Waals surface area (Å²) in [5.74, 6) is -0.401. The number of rotatable bonds is 5. The Kier molecular flexibility index (Phi) is 4.48. The van der Waals surface area contributed by atoms with E-state index in [1.54, 1.807) is 23.9 Å². The maximum absolute atomic E-state index is 13.1. The maximum Gasteiger partial charge on any atom is 0.335 e. The van der Waals surface area contributed by atoms with Crippen molar-refractivity contribution in [1.82, 2.24) is 4.98 Å². The van der Waals surface area contributed by atoms with E-state index in [1.165, 1.54) is 16.2 Å². The molecule has 32 heavy (non-hydrogen) atoms. The molecule has 0 unspecified atom stereocenters. The Morgan fingerprint density at radius 3 is 2.41 bits per heavy atom. The highest BCUT2D eigenvalue weighted by Crippen LogP contribution is 2.53. The van der Waals surface area contributed by atoms with Gasteiger partial charge in [-0.15, -0.1) is 11.3 Å². The van der Waals surface area contributed by atoms with Gasteiger partial charge in [0, 0.05) is 5.75 Å². The molecule has 2 heterocycles. The van der Waals surface area contributed by atoms with Gasteiger partial charge in [-0.05, 0) is 54.2 Å². The van der Waals surface area contributed by atoms with E-state index in [4.69, 9.17) is 5.11 Å². The number of thiazole rings is 1. The molecular weight excluding hydrogens is 444 g/mol. The third kappa shape index (κ3) is 3.01. The van der Waals surface area contributed by atoms with Crippen molar-refractivity contribution in [2.75, 3.05) is 4.90 Å². The number of hydrogen-bond donors (Lipinski definition) is 1. The average molecular weight is 463 g/mol. The van der Waals surface area contributed by atoms with Gasteiger partial charge in [-0.2, -0.15) is 0 Å². The zero-order chi connectivity index (χ0) is 22.0. The lowest BCUT2D eigenvalue weighted by Crippen LogP contribution is -2.32. The SMILES string of the molecule is O=C(O)c1ccc(CSc2nc3ccc(N4C(=O)[C@@H]5[C@@H](C4=O)[C@H]4C=C[C@@H]5C4)cc3s2)cc1. The van der Waals surface area contributed by atoms with E-state index in [-0.39, 0.29) is 41.0 Å². The molecule has 0 radical (unpaired) electrons. The molecule has 3 aliphatic rings. The molecule has 1 N–H and O–H groups in total. The molecule has 160 valence electrons. The number of hydrogen-bond acceptors (Lipinski definition) is 6. The van der Waals surface area contributed by atoms with Crippen molar-refractivity contribution >= 4 is 56.8 Å². The second-order valence-electron chi connectivity index (χ2n) is 8.43. The highest BCUT2D eigenvalue weighted by atomic mass is 32.2. The number of nitrogens with zero attached hydrogens (tertiary/aromatic N) is 2. The van der Waals surface area contributed by atoms with Crippen molar-refractivity contribution in [3.8, 4) is 0 Å². The Morgan fingerprint density at radius 2 is 1.75 bits per heavy atom. The first-order valence-electron chi connectivity index (χ1n) is 10.4. The highest BCUT2D eigenvalue weighted by molar-refractivity contribution is 8.00. The van der Waals surface area contributed by atoms with Crippen LogP contribution in [0.2, 0.25) is 0 Å². The zero-order valence-electron chi connectivity index (χ0n) is 16.8. The lowest BCUT2D eigenvalue weighted by atomic mass is 9.85. The first kappa shape index (κ1) is 19.7. The number of aromatic nitrogens is 1. The maximum atomic E-state index is 13.1. The Balaban J connectivity index is 1.21. The van der Waals surface area contributed by atoms with Gasteiger partial charge in [0.2, 0.25) is 11.8 Å². The van der Waals surface area contributed by atoms with Gasteiger partial charge >= 0.3 is 5.97 Å². The fourth-order valence-corrected chi connectivity index (χ4v) is 7.20. The number of benzene rings is 2. The van der Waals surface area contributed by atoms with Crippen molar-refractivity contribution in [2.45, 2.75) is 16.5 Å². The molecule has 1 aliphatic heterocycles. The molecule has 8 heteroatoms. The minimum absolute atomic E-state index is 0.0693. The van der Waals surface area contributed by atoms with Gasteiger partial charge in [0.25, 0.3) is 0 Å². The molecule has 1 saturated carbocycles. The molecule has 4 atom stereocenters. The summed E-state index contributed by atoms with van der Waals surface area (Å²) >= 11 is 3.11. The third-order valence-electron chi connectivity index (χ3n) is 6.64. The van der Waals surface area contributed by atoms with E-state index in [9.17, 15) is 14.4 Å². The smallest absolute Gasteiger partial charge is 0.335 e. The van der Waals surface area contributed by atoms with Crippen LogP contribution in [0.1, 0.15) is 22.3 Å². The first-order chi connectivity index (χ1) is 15.5. The number of imide groups is 1. The molecular formula is C24H18N2O4S2. The molecule has 2 bridgehead atoms. The summed E-state index contributed by atoms with van der Waals surface area (Å²) in [5.41, 5.74) is 2.75. The van der Waals surface area contributed by atoms with E-state index in [0.29, 0.717) is 11.4 Å². The van der Waals surface area contributed by atoms with Crippen LogP contribution in [0.3, 0.4) is 0 Å². The van der Waals surface area contributed by atoms with Crippen LogP contribution in [-0.4, -0.2) is 27.9 Å². The van der Waals surface area contributed by atoms with E-state index in [0.717, 1.165) is 26.5 Å². The Labute approximate surface area is 191 Å². The number of allylic oxidation sites excluding steroid dienone is 2. The zero-order valence-corrected chi connectivity index (χ0v) is 18.4. The van der Waals surface area contributed by atoms with Crippen molar-refractivity contribution < 1.29 is 19.5 Å². The summed E-state index contributed by atoms with van der Waals surface area (Å²) in [6.07, 6.45) is 5.13. The summed E-state index contributed by atoms with van der Waals surface area (Å²) in [7, 11) is 0. The minimum atomic E-state index is -0.936. The van der Waals surface area contributed by atoms with Crippen LogP contribution in [0.5, 0.6) is 0 Å². The van der Waals surface area contributed by atoms with Gasteiger partial charge in [-0.25, -0.2) is 14.7 Å². The van der Waals surface area contributed by atoms with Gasteiger partial charge in [0.05, 0.1) is 33.3 Å². The summed E-state index contributed by atoms with van der Waals surface area (Å²) < 4.78 is 1.82. The Hall–Kier alpha value is -2.97. The second-order valence-corrected chi connectivity index (χ2v) is 10.7. The quantitative estimate of drug-likeness (QED) is 0.339. The number of anilines is 1. The molecule has 0 spiro atoms. The molecule has 6 nitrogen and oxygen atoms in total.